The molecule has 14 heteroatoms. The van der Waals surface area contributed by atoms with Crippen LogP contribution in [0.3, 0.4) is 0 Å². The third kappa shape index (κ3) is 6.92. The van der Waals surface area contributed by atoms with Crippen LogP contribution in [-0.2, 0) is 22.4 Å². The van der Waals surface area contributed by atoms with Crippen LogP contribution < -0.4 is 22.1 Å². The molecule has 0 spiro atoms. The number of aromatic nitrogens is 3. The van der Waals surface area contributed by atoms with Gasteiger partial charge in [0.2, 0.25) is 11.9 Å². The summed E-state index contributed by atoms with van der Waals surface area (Å²) in [6.07, 6.45) is 2.35. The van der Waals surface area contributed by atoms with Crippen molar-refractivity contribution in [3.63, 3.8) is 0 Å². The Hall–Kier alpha value is -5.53. The fourth-order valence-corrected chi connectivity index (χ4v) is 4.18. The van der Waals surface area contributed by atoms with Crippen molar-refractivity contribution in [3.8, 4) is 0 Å². The molecule has 41 heavy (non-hydrogen) atoms. The van der Waals surface area contributed by atoms with Gasteiger partial charge in [-0.3, -0.25) is 9.59 Å². The van der Waals surface area contributed by atoms with Gasteiger partial charge in [-0.25, -0.2) is 14.0 Å². The van der Waals surface area contributed by atoms with Crippen LogP contribution in [0.5, 0.6) is 0 Å². The minimum atomic E-state index is -1.40. The van der Waals surface area contributed by atoms with Crippen molar-refractivity contribution in [2.45, 2.75) is 31.7 Å². The standard InChI is InChI=1S/C27H26FN7O6/c28-17-8-7-15(25(38)39)11-19(17)32-20(36)10-9-18(26(40)41)33-24(37)14-4-1-13(2-5-14)3-6-16-12-31-23-21(16)22(29)34-27(30)35-23/h1-2,4-5,7-8,11-12,18H,3,6,9-10H2,(H,32,36)(H,33,37)(H,38,39)(H,40,41)(H5,29,30,31,34,35)/t18-/m0/s1. The quantitative estimate of drug-likeness (QED) is 0.141. The molecule has 0 bridgehead atoms. The van der Waals surface area contributed by atoms with E-state index >= 15 is 0 Å². The van der Waals surface area contributed by atoms with Crippen LogP contribution in [0.1, 0.15) is 44.7 Å². The highest BCUT2D eigenvalue weighted by atomic mass is 19.1. The van der Waals surface area contributed by atoms with Crippen molar-refractivity contribution in [3.05, 3.63) is 76.7 Å². The number of hydrogen-bond donors (Lipinski definition) is 7. The zero-order valence-electron chi connectivity index (χ0n) is 21.5. The molecule has 0 saturated heterocycles. The molecule has 0 fully saturated rings. The van der Waals surface area contributed by atoms with Crippen LogP contribution in [0.25, 0.3) is 11.0 Å². The van der Waals surface area contributed by atoms with Crippen molar-refractivity contribution >= 4 is 52.2 Å². The number of nitrogens with zero attached hydrogens (tertiary/aromatic N) is 2. The molecule has 0 saturated carbocycles. The van der Waals surface area contributed by atoms with Crippen molar-refractivity contribution in [2.24, 2.45) is 0 Å². The van der Waals surface area contributed by atoms with E-state index in [9.17, 15) is 28.7 Å². The number of rotatable bonds is 11. The number of H-pyrrole nitrogens is 1. The number of aliphatic carboxylic acids is 1. The summed E-state index contributed by atoms with van der Waals surface area (Å²) < 4.78 is 13.9. The first kappa shape index (κ1) is 28.5. The van der Waals surface area contributed by atoms with Gasteiger partial charge < -0.3 is 37.3 Å². The second-order valence-corrected chi connectivity index (χ2v) is 9.15. The molecule has 0 aliphatic carbocycles. The summed E-state index contributed by atoms with van der Waals surface area (Å²) in [5.74, 6) is -4.55. The first-order valence-electron chi connectivity index (χ1n) is 12.4. The molecule has 9 N–H and O–H groups in total. The van der Waals surface area contributed by atoms with E-state index in [1.165, 1.54) is 0 Å². The number of nitrogens with one attached hydrogen (secondary N) is 3. The summed E-state index contributed by atoms with van der Waals surface area (Å²) in [5.41, 5.74) is 13.6. The molecule has 4 aromatic rings. The summed E-state index contributed by atoms with van der Waals surface area (Å²) in [4.78, 5) is 58.9. The average molecular weight is 564 g/mol. The molecule has 2 heterocycles. The van der Waals surface area contributed by atoms with Crippen molar-refractivity contribution in [1.29, 1.82) is 0 Å². The zero-order valence-corrected chi connectivity index (χ0v) is 21.5. The third-order valence-corrected chi connectivity index (χ3v) is 6.31. The Balaban J connectivity index is 1.32. The average Bonchev–Trinajstić information content (AvgIpc) is 3.34. The van der Waals surface area contributed by atoms with Crippen LogP contribution in [0, 0.1) is 5.82 Å². The van der Waals surface area contributed by atoms with Crippen molar-refractivity contribution in [2.75, 3.05) is 16.8 Å². The van der Waals surface area contributed by atoms with Gasteiger partial charge >= 0.3 is 11.9 Å². The lowest BCUT2D eigenvalue weighted by Crippen LogP contribution is -2.41. The predicted octanol–water partition coefficient (Wildman–Crippen LogP) is 2.35. The van der Waals surface area contributed by atoms with Crippen molar-refractivity contribution < 1.29 is 33.8 Å². The number of fused-ring (bicyclic) bond motifs is 1. The number of aryl methyl sites for hydroxylation is 2. The number of carbonyl (C=O) groups is 4. The number of carboxylic acid groups (broad SMARTS) is 2. The van der Waals surface area contributed by atoms with Crippen molar-refractivity contribution in [1.82, 2.24) is 20.3 Å². The van der Waals surface area contributed by atoms with E-state index in [4.69, 9.17) is 16.6 Å². The number of nitrogens with two attached hydrogens (primary N) is 2. The van der Waals surface area contributed by atoms with Gasteiger partial charge in [0.15, 0.2) is 0 Å². The molecule has 212 valence electrons. The van der Waals surface area contributed by atoms with E-state index in [1.54, 1.807) is 30.5 Å². The smallest absolute Gasteiger partial charge is 0.335 e. The van der Waals surface area contributed by atoms with E-state index < -0.39 is 35.6 Å². The number of hydrogen-bond acceptors (Lipinski definition) is 8. The molecule has 1 atom stereocenters. The topological polar surface area (TPSA) is 226 Å². The Kier molecular flexibility index (Phi) is 8.41. The lowest BCUT2D eigenvalue weighted by Gasteiger charge is -2.15. The lowest BCUT2D eigenvalue weighted by atomic mass is 10.0. The molecule has 0 radical (unpaired) electrons. The van der Waals surface area contributed by atoms with Gasteiger partial charge in [0.05, 0.1) is 16.6 Å². The molecule has 2 aromatic carbocycles. The molecular weight excluding hydrogens is 537 g/mol. The Morgan fingerprint density at radius 1 is 0.976 bits per heavy atom. The van der Waals surface area contributed by atoms with Crippen LogP contribution in [-0.4, -0.2) is 55.0 Å². The summed E-state index contributed by atoms with van der Waals surface area (Å²) >= 11 is 0. The number of amides is 2. The highest BCUT2D eigenvalue weighted by molar-refractivity contribution is 5.97. The molecule has 0 aliphatic heterocycles. The van der Waals surface area contributed by atoms with Gasteiger partial charge in [0, 0.05) is 18.2 Å². The number of aromatic carboxylic acids is 1. The normalized spacial score (nSPS) is 11.6. The molecule has 13 nitrogen and oxygen atoms in total. The molecule has 0 aliphatic rings. The summed E-state index contributed by atoms with van der Waals surface area (Å²) in [7, 11) is 0. The zero-order chi connectivity index (χ0) is 29.7. The fourth-order valence-electron chi connectivity index (χ4n) is 4.18. The highest BCUT2D eigenvalue weighted by Gasteiger charge is 2.22. The number of anilines is 3. The maximum absolute atomic E-state index is 13.9. The second kappa shape index (κ2) is 12.1. The van der Waals surface area contributed by atoms with E-state index in [0.29, 0.717) is 23.9 Å². The largest absolute Gasteiger partial charge is 0.480 e. The van der Waals surface area contributed by atoms with E-state index in [1.807, 2.05) is 0 Å². The highest BCUT2D eigenvalue weighted by Crippen LogP contribution is 2.24. The van der Waals surface area contributed by atoms with Crippen LogP contribution in [0.15, 0.2) is 48.7 Å². The minimum absolute atomic E-state index is 0.0734. The number of carboxylic acids is 2. The number of aromatic amines is 1. The van der Waals surface area contributed by atoms with E-state index in [2.05, 4.69) is 25.6 Å². The van der Waals surface area contributed by atoms with Gasteiger partial charge in [0.1, 0.15) is 23.3 Å². The number of halogens is 1. The monoisotopic (exact) mass is 563 g/mol. The number of benzene rings is 2. The number of nitrogen functional groups attached to an aromatic ring is 2. The maximum Gasteiger partial charge on any atom is 0.335 e. The predicted molar refractivity (Wildman–Crippen MR) is 147 cm³/mol. The SMILES string of the molecule is Nc1nc(N)c2c(CCc3ccc(C(=O)N[C@@H](CCC(=O)Nc4cc(C(=O)O)ccc4F)C(=O)O)cc3)c[nH]c2n1. The van der Waals surface area contributed by atoms with E-state index in [-0.39, 0.29) is 41.4 Å². The Bertz CT molecular complexity index is 1640. The molecule has 0 unspecified atom stereocenters. The molecule has 4 rings (SSSR count). The van der Waals surface area contributed by atoms with Gasteiger partial charge in [0.25, 0.3) is 5.91 Å². The Labute approximate surface area is 231 Å². The lowest BCUT2D eigenvalue weighted by molar-refractivity contribution is -0.139. The van der Waals surface area contributed by atoms with Crippen LogP contribution in [0.2, 0.25) is 0 Å². The first-order chi connectivity index (χ1) is 19.5. The Morgan fingerprint density at radius 2 is 1.68 bits per heavy atom. The maximum atomic E-state index is 13.9. The van der Waals surface area contributed by atoms with Gasteiger partial charge in [-0.2, -0.15) is 9.97 Å². The minimum Gasteiger partial charge on any atom is -0.480 e. The van der Waals surface area contributed by atoms with Gasteiger partial charge in [-0.1, -0.05) is 12.1 Å². The van der Waals surface area contributed by atoms with Crippen LogP contribution in [0.4, 0.5) is 21.8 Å². The fraction of sp³-hybridized carbons (Fsp3) is 0.185. The number of carbonyl (C=O) groups excluding carboxylic acids is 2. The second-order valence-electron chi connectivity index (χ2n) is 9.15. The summed E-state index contributed by atoms with van der Waals surface area (Å²) in [6.45, 7) is 0. The molecule has 2 aromatic heterocycles. The third-order valence-electron chi connectivity index (χ3n) is 6.31. The first-order valence-corrected chi connectivity index (χ1v) is 12.4. The summed E-state index contributed by atoms with van der Waals surface area (Å²) in [5, 5.41) is 23.9. The molecule has 2 amide bonds. The molecular formula is C27H26FN7O6. The van der Waals surface area contributed by atoms with Gasteiger partial charge in [-0.05, 0) is 60.7 Å². The van der Waals surface area contributed by atoms with Crippen LogP contribution >= 0.6 is 0 Å². The Morgan fingerprint density at radius 3 is 2.37 bits per heavy atom. The van der Waals surface area contributed by atoms with E-state index in [0.717, 1.165) is 29.3 Å². The van der Waals surface area contributed by atoms with Gasteiger partial charge in [-0.15, -0.1) is 0 Å². The summed E-state index contributed by atoms with van der Waals surface area (Å²) in [6, 6.07) is 8.10.